The number of hydrogen-bond donors (Lipinski definition) is 2. The fourth-order valence-corrected chi connectivity index (χ4v) is 1.80. The Morgan fingerprint density at radius 3 is 2.36 bits per heavy atom. The van der Waals surface area contributed by atoms with Crippen LogP contribution in [-0.2, 0) is 19.0 Å². The summed E-state index contributed by atoms with van der Waals surface area (Å²) in [6, 6.07) is 0. The molecule has 7 nitrogen and oxygen atoms in total. The molecule has 4 atom stereocenters. The van der Waals surface area contributed by atoms with Crippen LogP contribution in [0.3, 0.4) is 0 Å². The van der Waals surface area contributed by atoms with Gasteiger partial charge in [0.05, 0.1) is 13.2 Å². The van der Waals surface area contributed by atoms with Gasteiger partial charge >= 0.3 is 6.09 Å². The van der Waals surface area contributed by atoms with Crippen LogP contribution in [0.25, 0.3) is 0 Å². The fraction of sp³-hybridized carbons (Fsp3) is 0.857. The molecule has 2 aliphatic rings. The average molecular weight is 204 g/mol. The number of carbonyl (C=O) groups excluding carboxylic acids is 1. The molecule has 2 aliphatic heterocycles. The number of primary amides is 1. The molecule has 2 heterocycles. The minimum absolute atomic E-state index is 0.262. The van der Waals surface area contributed by atoms with Gasteiger partial charge in [-0.1, -0.05) is 0 Å². The lowest BCUT2D eigenvalue weighted by Gasteiger charge is -2.14. The Hall–Kier alpha value is -0.890. The summed E-state index contributed by atoms with van der Waals surface area (Å²) in [6.07, 6.45) is -2.19. The smallest absolute Gasteiger partial charge is 0.404 e. The standard InChI is InChI=1S/C7H12N2O5/c8-7(10)13-3-1-11-6-4(14-9)2-12-5(3)6/h3-6H,1-2,9H2,(H2,8,10). The predicted molar refractivity (Wildman–Crippen MR) is 43.0 cm³/mol. The summed E-state index contributed by atoms with van der Waals surface area (Å²) in [5.74, 6) is 5.04. The van der Waals surface area contributed by atoms with E-state index in [2.05, 4.69) is 4.84 Å². The van der Waals surface area contributed by atoms with Crippen LogP contribution in [-0.4, -0.2) is 43.7 Å². The first-order valence-electron chi connectivity index (χ1n) is 4.27. The van der Waals surface area contributed by atoms with Crippen molar-refractivity contribution in [3.05, 3.63) is 0 Å². The van der Waals surface area contributed by atoms with Crippen molar-refractivity contribution in [2.75, 3.05) is 13.2 Å². The topological polar surface area (TPSA) is 106 Å². The molecule has 4 N–H and O–H groups in total. The Morgan fingerprint density at radius 1 is 1.21 bits per heavy atom. The second-order valence-electron chi connectivity index (χ2n) is 3.25. The van der Waals surface area contributed by atoms with Crippen LogP contribution in [0.1, 0.15) is 0 Å². The lowest BCUT2D eigenvalue weighted by molar-refractivity contribution is -0.0391. The second kappa shape index (κ2) is 3.70. The van der Waals surface area contributed by atoms with Gasteiger partial charge in [0.1, 0.15) is 18.3 Å². The summed E-state index contributed by atoms with van der Waals surface area (Å²) in [7, 11) is 0. The largest absolute Gasteiger partial charge is 0.441 e. The van der Waals surface area contributed by atoms with E-state index in [1.807, 2.05) is 0 Å². The molecule has 2 rings (SSSR count). The summed E-state index contributed by atoms with van der Waals surface area (Å²) < 4.78 is 15.5. The minimum atomic E-state index is -0.833. The molecule has 0 spiro atoms. The van der Waals surface area contributed by atoms with Gasteiger partial charge < -0.3 is 19.9 Å². The van der Waals surface area contributed by atoms with Crippen molar-refractivity contribution in [3.63, 3.8) is 0 Å². The van der Waals surface area contributed by atoms with Crippen LogP contribution < -0.4 is 11.6 Å². The summed E-state index contributed by atoms with van der Waals surface area (Å²) >= 11 is 0. The molecule has 0 aliphatic carbocycles. The van der Waals surface area contributed by atoms with Gasteiger partial charge in [-0.05, 0) is 0 Å². The van der Waals surface area contributed by atoms with E-state index in [0.29, 0.717) is 6.61 Å². The Labute approximate surface area is 80.2 Å². The molecule has 80 valence electrons. The number of carbonyl (C=O) groups is 1. The van der Waals surface area contributed by atoms with E-state index < -0.39 is 12.2 Å². The van der Waals surface area contributed by atoms with E-state index >= 15 is 0 Å². The summed E-state index contributed by atoms with van der Waals surface area (Å²) in [5.41, 5.74) is 4.89. The lowest BCUT2D eigenvalue weighted by atomic mass is 10.1. The van der Waals surface area contributed by atoms with Gasteiger partial charge in [-0.2, -0.15) is 0 Å². The molecule has 0 aromatic carbocycles. The zero-order valence-electron chi connectivity index (χ0n) is 7.42. The summed E-state index contributed by atoms with van der Waals surface area (Å²) in [4.78, 5) is 15.2. The molecular weight excluding hydrogens is 192 g/mol. The highest BCUT2D eigenvalue weighted by molar-refractivity contribution is 5.64. The van der Waals surface area contributed by atoms with E-state index in [4.69, 9.17) is 25.8 Å². The highest BCUT2D eigenvalue weighted by Gasteiger charge is 2.49. The SMILES string of the molecule is NOC1COC2C(OC(N)=O)COC12. The summed E-state index contributed by atoms with van der Waals surface area (Å²) in [5, 5.41) is 0. The Kier molecular flexibility index (Phi) is 2.55. The zero-order chi connectivity index (χ0) is 10.1. The van der Waals surface area contributed by atoms with E-state index in [9.17, 15) is 4.79 Å². The third-order valence-electron chi connectivity index (χ3n) is 2.40. The van der Waals surface area contributed by atoms with E-state index in [-0.39, 0.29) is 24.9 Å². The van der Waals surface area contributed by atoms with Gasteiger partial charge in [0.15, 0.2) is 6.10 Å². The van der Waals surface area contributed by atoms with Crippen LogP contribution >= 0.6 is 0 Å². The lowest BCUT2D eigenvalue weighted by Crippen LogP contribution is -2.36. The van der Waals surface area contributed by atoms with Crippen LogP contribution in [0.4, 0.5) is 4.79 Å². The maximum atomic E-state index is 10.5. The molecule has 0 bridgehead atoms. The number of hydrogen-bond acceptors (Lipinski definition) is 6. The highest BCUT2D eigenvalue weighted by Crippen LogP contribution is 2.29. The summed E-state index contributed by atoms with van der Waals surface area (Å²) in [6.45, 7) is 0.600. The van der Waals surface area contributed by atoms with Crippen LogP contribution in [0.2, 0.25) is 0 Å². The maximum absolute atomic E-state index is 10.5. The fourth-order valence-electron chi connectivity index (χ4n) is 1.80. The second-order valence-corrected chi connectivity index (χ2v) is 3.25. The van der Waals surface area contributed by atoms with Crippen molar-refractivity contribution in [1.29, 1.82) is 0 Å². The van der Waals surface area contributed by atoms with E-state index in [1.165, 1.54) is 0 Å². The van der Waals surface area contributed by atoms with Gasteiger partial charge in [-0.15, -0.1) is 0 Å². The number of fused-ring (bicyclic) bond motifs is 1. The molecule has 2 saturated heterocycles. The van der Waals surface area contributed by atoms with Crippen molar-refractivity contribution in [2.24, 2.45) is 11.6 Å². The van der Waals surface area contributed by atoms with Crippen molar-refractivity contribution in [3.8, 4) is 0 Å². The maximum Gasteiger partial charge on any atom is 0.404 e. The molecule has 7 heteroatoms. The number of ether oxygens (including phenoxy) is 3. The molecule has 0 aromatic rings. The molecule has 4 unspecified atom stereocenters. The molecule has 1 amide bonds. The first kappa shape index (κ1) is 9.66. The number of amides is 1. The third-order valence-corrected chi connectivity index (χ3v) is 2.40. The highest BCUT2D eigenvalue weighted by atomic mass is 16.7. The van der Waals surface area contributed by atoms with Crippen molar-refractivity contribution in [2.45, 2.75) is 24.4 Å². The Bertz CT molecular complexity index is 236. The number of nitrogens with two attached hydrogens (primary N) is 2. The molecular formula is C7H12N2O5. The molecule has 0 aromatic heterocycles. The van der Waals surface area contributed by atoms with Gasteiger partial charge in [-0.25, -0.2) is 10.7 Å². The minimum Gasteiger partial charge on any atom is -0.441 e. The first-order chi connectivity index (χ1) is 6.72. The van der Waals surface area contributed by atoms with E-state index in [0.717, 1.165) is 0 Å². The Balaban J connectivity index is 1.97. The van der Waals surface area contributed by atoms with Gasteiger partial charge in [0, 0.05) is 0 Å². The molecule has 14 heavy (non-hydrogen) atoms. The third kappa shape index (κ3) is 1.55. The van der Waals surface area contributed by atoms with Crippen LogP contribution in [0.15, 0.2) is 0 Å². The molecule has 0 radical (unpaired) electrons. The van der Waals surface area contributed by atoms with Crippen LogP contribution in [0, 0.1) is 0 Å². The van der Waals surface area contributed by atoms with E-state index in [1.54, 1.807) is 0 Å². The van der Waals surface area contributed by atoms with Crippen molar-refractivity contribution in [1.82, 2.24) is 0 Å². The average Bonchev–Trinajstić information content (AvgIpc) is 2.67. The first-order valence-corrected chi connectivity index (χ1v) is 4.27. The monoisotopic (exact) mass is 204 g/mol. The quantitative estimate of drug-likeness (QED) is 0.530. The predicted octanol–water partition coefficient (Wildman–Crippen LogP) is -1.49. The van der Waals surface area contributed by atoms with Crippen molar-refractivity contribution < 1.29 is 23.8 Å². The van der Waals surface area contributed by atoms with Crippen molar-refractivity contribution >= 4 is 6.09 Å². The van der Waals surface area contributed by atoms with Gasteiger partial charge in [-0.3, -0.25) is 4.84 Å². The van der Waals surface area contributed by atoms with Gasteiger partial charge in [0.2, 0.25) is 0 Å². The normalized spacial score (nSPS) is 40.9. The molecule has 2 fully saturated rings. The molecule has 0 saturated carbocycles. The Morgan fingerprint density at radius 2 is 1.79 bits per heavy atom. The zero-order valence-corrected chi connectivity index (χ0v) is 7.42. The number of rotatable bonds is 2. The van der Waals surface area contributed by atoms with Crippen LogP contribution in [0.5, 0.6) is 0 Å². The van der Waals surface area contributed by atoms with Gasteiger partial charge in [0.25, 0.3) is 0 Å².